The van der Waals surface area contributed by atoms with Crippen molar-refractivity contribution in [3.05, 3.63) is 28.7 Å². The van der Waals surface area contributed by atoms with E-state index in [1.54, 1.807) is 0 Å². The van der Waals surface area contributed by atoms with E-state index in [1.165, 1.54) is 0 Å². The zero-order chi connectivity index (χ0) is 13.7. The van der Waals surface area contributed by atoms with Crippen LogP contribution in [0.2, 0.25) is 0 Å². The summed E-state index contributed by atoms with van der Waals surface area (Å²) >= 11 is 3.37. The molecule has 112 valence electrons. The summed E-state index contributed by atoms with van der Waals surface area (Å²) in [7, 11) is 0. The second kappa shape index (κ2) is 8.49. The molecule has 2 rings (SSSR count). The zero-order valence-corrected chi connectivity index (χ0v) is 13.6. The van der Waals surface area contributed by atoms with E-state index in [4.69, 9.17) is 10.5 Å². The van der Waals surface area contributed by atoms with Gasteiger partial charge in [-0.1, -0.05) is 15.9 Å². The largest absolute Gasteiger partial charge is 0.492 e. The molecule has 1 aromatic rings. The van der Waals surface area contributed by atoms with Crippen molar-refractivity contribution in [3.8, 4) is 5.75 Å². The van der Waals surface area contributed by atoms with E-state index in [0.717, 1.165) is 29.5 Å². The Balaban J connectivity index is 0.00000200. The summed E-state index contributed by atoms with van der Waals surface area (Å²) < 4.78 is 6.55. The standard InChI is InChI=1S/C14H19BrN2O2.ClH/c15-11-2-5-13(6-3-11)19-8-7-17-14(18)10-1-4-12(16)9-10;/h2-3,5-6,10,12H,1,4,7-9,16H2,(H,17,18);1H. The molecule has 0 spiro atoms. The summed E-state index contributed by atoms with van der Waals surface area (Å²) in [6.07, 6.45) is 2.66. The predicted octanol–water partition coefficient (Wildman–Crippen LogP) is 2.49. The lowest BCUT2D eigenvalue weighted by Crippen LogP contribution is -2.33. The van der Waals surface area contributed by atoms with Crippen molar-refractivity contribution in [2.24, 2.45) is 11.7 Å². The number of hydrogen-bond acceptors (Lipinski definition) is 3. The van der Waals surface area contributed by atoms with Crippen molar-refractivity contribution in [1.29, 1.82) is 0 Å². The summed E-state index contributed by atoms with van der Waals surface area (Å²) in [6.45, 7) is 1.01. The van der Waals surface area contributed by atoms with Gasteiger partial charge >= 0.3 is 0 Å². The van der Waals surface area contributed by atoms with E-state index in [2.05, 4.69) is 21.2 Å². The molecule has 2 atom stereocenters. The summed E-state index contributed by atoms with van der Waals surface area (Å²) in [5, 5.41) is 2.90. The minimum Gasteiger partial charge on any atom is -0.492 e. The van der Waals surface area contributed by atoms with Crippen LogP contribution in [0.25, 0.3) is 0 Å². The maximum absolute atomic E-state index is 11.8. The molecule has 4 nitrogen and oxygen atoms in total. The number of nitrogens with two attached hydrogens (primary N) is 1. The van der Waals surface area contributed by atoms with Gasteiger partial charge in [-0.2, -0.15) is 0 Å². The van der Waals surface area contributed by atoms with Gasteiger partial charge in [0.15, 0.2) is 0 Å². The van der Waals surface area contributed by atoms with Gasteiger partial charge in [0.1, 0.15) is 12.4 Å². The number of carbonyl (C=O) groups is 1. The van der Waals surface area contributed by atoms with Crippen molar-refractivity contribution in [2.75, 3.05) is 13.2 Å². The first kappa shape index (κ1) is 17.3. The van der Waals surface area contributed by atoms with Crippen LogP contribution < -0.4 is 15.8 Å². The van der Waals surface area contributed by atoms with Crippen LogP contribution in [0, 0.1) is 5.92 Å². The summed E-state index contributed by atoms with van der Waals surface area (Å²) in [4.78, 5) is 11.8. The molecule has 3 N–H and O–H groups in total. The van der Waals surface area contributed by atoms with Crippen LogP contribution >= 0.6 is 28.3 Å². The molecule has 0 heterocycles. The van der Waals surface area contributed by atoms with Gasteiger partial charge in [0, 0.05) is 16.4 Å². The number of carbonyl (C=O) groups excluding carboxylic acids is 1. The summed E-state index contributed by atoms with van der Waals surface area (Å²) in [5.74, 6) is 0.996. The quantitative estimate of drug-likeness (QED) is 0.790. The molecule has 20 heavy (non-hydrogen) atoms. The number of ether oxygens (including phenoxy) is 1. The fourth-order valence-electron chi connectivity index (χ4n) is 2.27. The van der Waals surface area contributed by atoms with Crippen LogP contribution in [0.3, 0.4) is 0 Å². The molecule has 0 aliphatic heterocycles. The van der Waals surface area contributed by atoms with Gasteiger partial charge in [-0.05, 0) is 43.5 Å². The number of hydrogen-bond donors (Lipinski definition) is 2. The van der Waals surface area contributed by atoms with E-state index in [9.17, 15) is 4.79 Å². The molecule has 2 unspecified atom stereocenters. The topological polar surface area (TPSA) is 64.4 Å². The number of nitrogens with one attached hydrogen (secondary N) is 1. The highest BCUT2D eigenvalue weighted by Crippen LogP contribution is 2.23. The SMILES string of the molecule is Cl.NC1CCC(C(=O)NCCOc2ccc(Br)cc2)C1. The van der Waals surface area contributed by atoms with Crippen LogP contribution in [-0.2, 0) is 4.79 Å². The number of benzene rings is 1. The average molecular weight is 364 g/mol. The van der Waals surface area contributed by atoms with Crippen molar-refractivity contribution in [1.82, 2.24) is 5.32 Å². The van der Waals surface area contributed by atoms with Crippen LogP contribution in [0.4, 0.5) is 0 Å². The third-order valence-electron chi connectivity index (χ3n) is 3.33. The van der Waals surface area contributed by atoms with Crippen molar-refractivity contribution >= 4 is 34.2 Å². The highest BCUT2D eigenvalue weighted by molar-refractivity contribution is 9.10. The molecule has 0 bridgehead atoms. The van der Waals surface area contributed by atoms with E-state index < -0.39 is 0 Å². The van der Waals surface area contributed by atoms with Crippen molar-refractivity contribution < 1.29 is 9.53 Å². The maximum atomic E-state index is 11.8. The Morgan fingerprint density at radius 2 is 2.05 bits per heavy atom. The van der Waals surface area contributed by atoms with E-state index >= 15 is 0 Å². The van der Waals surface area contributed by atoms with Crippen LogP contribution in [-0.4, -0.2) is 25.1 Å². The second-order valence-electron chi connectivity index (χ2n) is 4.86. The lowest BCUT2D eigenvalue weighted by Gasteiger charge is -2.11. The van der Waals surface area contributed by atoms with E-state index in [0.29, 0.717) is 13.2 Å². The van der Waals surface area contributed by atoms with Gasteiger partial charge in [-0.3, -0.25) is 4.79 Å². The summed E-state index contributed by atoms with van der Waals surface area (Å²) in [5.41, 5.74) is 5.80. The minimum atomic E-state index is 0. The van der Waals surface area contributed by atoms with E-state index in [1.807, 2.05) is 24.3 Å². The lowest BCUT2D eigenvalue weighted by atomic mass is 10.1. The molecule has 1 aliphatic carbocycles. The highest BCUT2D eigenvalue weighted by Gasteiger charge is 2.27. The normalized spacial score (nSPS) is 21.1. The Morgan fingerprint density at radius 1 is 1.35 bits per heavy atom. The lowest BCUT2D eigenvalue weighted by molar-refractivity contribution is -0.124. The van der Waals surface area contributed by atoms with Gasteiger partial charge in [0.25, 0.3) is 0 Å². The number of halogens is 2. The molecule has 1 saturated carbocycles. The van der Waals surface area contributed by atoms with Gasteiger partial charge < -0.3 is 15.8 Å². The number of amides is 1. The Bertz CT molecular complexity index is 428. The molecule has 0 saturated heterocycles. The monoisotopic (exact) mass is 362 g/mol. The molecular weight excluding hydrogens is 344 g/mol. The van der Waals surface area contributed by atoms with Gasteiger partial charge in [-0.15, -0.1) is 12.4 Å². The zero-order valence-electron chi connectivity index (χ0n) is 11.2. The summed E-state index contributed by atoms with van der Waals surface area (Å²) in [6, 6.07) is 7.82. The van der Waals surface area contributed by atoms with Crippen LogP contribution in [0.15, 0.2) is 28.7 Å². The first-order valence-corrected chi connectivity index (χ1v) is 7.36. The predicted molar refractivity (Wildman–Crippen MR) is 85.2 cm³/mol. The third kappa shape index (κ3) is 5.31. The maximum Gasteiger partial charge on any atom is 0.223 e. The Kier molecular flexibility index (Phi) is 7.34. The molecule has 0 radical (unpaired) electrons. The first-order chi connectivity index (χ1) is 9.15. The average Bonchev–Trinajstić information content (AvgIpc) is 2.83. The first-order valence-electron chi connectivity index (χ1n) is 6.57. The second-order valence-corrected chi connectivity index (χ2v) is 5.78. The Labute approximate surface area is 134 Å². The molecule has 1 aromatic carbocycles. The fourth-order valence-corrected chi connectivity index (χ4v) is 2.54. The molecule has 0 aromatic heterocycles. The minimum absolute atomic E-state index is 0. The molecule has 6 heteroatoms. The van der Waals surface area contributed by atoms with Gasteiger partial charge in [-0.25, -0.2) is 0 Å². The highest BCUT2D eigenvalue weighted by atomic mass is 79.9. The molecule has 1 fully saturated rings. The van der Waals surface area contributed by atoms with Gasteiger partial charge in [0.05, 0.1) is 6.54 Å². The molecular formula is C14H20BrClN2O2. The Morgan fingerprint density at radius 3 is 2.65 bits per heavy atom. The fraction of sp³-hybridized carbons (Fsp3) is 0.500. The Hall–Kier alpha value is -0.780. The smallest absolute Gasteiger partial charge is 0.223 e. The van der Waals surface area contributed by atoms with Crippen molar-refractivity contribution in [2.45, 2.75) is 25.3 Å². The van der Waals surface area contributed by atoms with Gasteiger partial charge in [0.2, 0.25) is 5.91 Å². The van der Waals surface area contributed by atoms with Crippen LogP contribution in [0.5, 0.6) is 5.75 Å². The molecule has 1 aliphatic rings. The van der Waals surface area contributed by atoms with Crippen molar-refractivity contribution in [3.63, 3.8) is 0 Å². The number of rotatable bonds is 5. The van der Waals surface area contributed by atoms with E-state index in [-0.39, 0.29) is 30.3 Å². The third-order valence-corrected chi connectivity index (χ3v) is 3.86. The molecule has 1 amide bonds. The van der Waals surface area contributed by atoms with Crippen LogP contribution in [0.1, 0.15) is 19.3 Å².